The third-order valence-corrected chi connectivity index (χ3v) is 2.05. The molecule has 0 radical (unpaired) electrons. The summed E-state index contributed by atoms with van der Waals surface area (Å²) in [5, 5.41) is 3.16. The van der Waals surface area contributed by atoms with E-state index >= 15 is 0 Å². The minimum Gasteiger partial charge on any atom is -0.372 e. The summed E-state index contributed by atoms with van der Waals surface area (Å²) in [5.74, 6) is 0. The van der Waals surface area contributed by atoms with Gasteiger partial charge in [-0.25, -0.2) is 4.39 Å². The molecule has 1 fully saturated rings. The Morgan fingerprint density at radius 2 is 2.00 bits per heavy atom. The van der Waals surface area contributed by atoms with E-state index in [4.69, 9.17) is 4.74 Å². The van der Waals surface area contributed by atoms with Crippen molar-refractivity contribution >= 4 is 0 Å². The van der Waals surface area contributed by atoms with Crippen LogP contribution in [0.1, 0.15) is 26.7 Å². The van der Waals surface area contributed by atoms with Crippen LogP contribution >= 0.6 is 0 Å². The molecule has 72 valence electrons. The lowest BCUT2D eigenvalue weighted by atomic mass is 10.1. The fourth-order valence-electron chi connectivity index (χ4n) is 1.48. The normalized spacial score (nSPS) is 32.0. The van der Waals surface area contributed by atoms with Crippen molar-refractivity contribution in [3.63, 3.8) is 0 Å². The largest absolute Gasteiger partial charge is 0.372 e. The van der Waals surface area contributed by atoms with Crippen LogP contribution in [-0.4, -0.2) is 31.5 Å². The molecule has 1 aliphatic rings. The second-order valence-electron chi connectivity index (χ2n) is 3.57. The van der Waals surface area contributed by atoms with Crippen LogP contribution in [0.25, 0.3) is 0 Å². The predicted molar refractivity (Wildman–Crippen MR) is 47.0 cm³/mol. The van der Waals surface area contributed by atoms with Crippen LogP contribution in [0.3, 0.4) is 0 Å². The van der Waals surface area contributed by atoms with Gasteiger partial charge in [-0.2, -0.15) is 0 Å². The standard InChI is InChI=1S/C9H18FNO/c1-7(2)12-9-4-6-11-5-3-8(9)10/h7-9,11H,3-6H2,1-2H3. The lowest BCUT2D eigenvalue weighted by molar-refractivity contribution is -0.0376. The van der Waals surface area contributed by atoms with Crippen molar-refractivity contribution in [1.29, 1.82) is 0 Å². The molecule has 1 N–H and O–H groups in total. The highest BCUT2D eigenvalue weighted by Crippen LogP contribution is 2.15. The third-order valence-electron chi connectivity index (χ3n) is 2.05. The molecular formula is C9H18FNO. The van der Waals surface area contributed by atoms with Gasteiger partial charge in [0.1, 0.15) is 6.17 Å². The Balaban J connectivity index is 2.36. The molecule has 0 aliphatic carbocycles. The minimum absolute atomic E-state index is 0.131. The van der Waals surface area contributed by atoms with Crippen molar-refractivity contribution in [3.05, 3.63) is 0 Å². The van der Waals surface area contributed by atoms with E-state index in [0.717, 1.165) is 19.5 Å². The lowest BCUT2D eigenvalue weighted by Crippen LogP contribution is -2.28. The summed E-state index contributed by atoms with van der Waals surface area (Å²) < 4.78 is 18.8. The lowest BCUT2D eigenvalue weighted by Gasteiger charge is -2.21. The van der Waals surface area contributed by atoms with Crippen LogP contribution in [0.15, 0.2) is 0 Å². The highest BCUT2D eigenvalue weighted by atomic mass is 19.1. The van der Waals surface area contributed by atoms with Gasteiger partial charge in [0.05, 0.1) is 12.2 Å². The fraction of sp³-hybridized carbons (Fsp3) is 1.00. The molecular weight excluding hydrogens is 157 g/mol. The number of nitrogens with one attached hydrogen (secondary N) is 1. The van der Waals surface area contributed by atoms with Crippen molar-refractivity contribution in [2.24, 2.45) is 0 Å². The molecule has 0 spiro atoms. The average Bonchev–Trinajstić information content (AvgIpc) is 2.16. The summed E-state index contributed by atoms with van der Waals surface area (Å²) in [6.07, 6.45) is 0.519. The zero-order valence-corrected chi connectivity index (χ0v) is 7.85. The molecule has 1 rings (SSSR count). The van der Waals surface area contributed by atoms with Gasteiger partial charge in [-0.1, -0.05) is 0 Å². The van der Waals surface area contributed by atoms with Crippen molar-refractivity contribution in [2.45, 2.75) is 45.1 Å². The maximum absolute atomic E-state index is 13.3. The fourth-order valence-corrected chi connectivity index (χ4v) is 1.48. The van der Waals surface area contributed by atoms with E-state index in [-0.39, 0.29) is 12.2 Å². The first-order valence-corrected chi connectivity index (χ1v) is 4.70. The number of rotatable bonds is 2. The van der Waals surface area contributed by atoms with Crippen molar-refractivity contribution in [1.82, 2.24) is 5.32 Å². The van der Waals surface area contributed by atoms with Gasteiger partial charge in [0.15, 0.2) is 0 Å². The SMILES string of the molecule is CC(C)OC1CCNCCC1F. The first-order valence-electron chi connectivity index (χ1n) is 4.70. The van der Waals surface area contributed by atoms with Gasteiger partial charge in [-0.05, 0) is 39.8 Å². The molecule has 0 aromatic rings. The molecule has 1 heterocycles. The molecule has 0 aromatic carbocycles. The quantitative estimate of drug-likeness (QED) is 0.686. The number of halogens is 1. The van der Waals surface area contributed by atoms with Gasteiger partial charge in [0.2, 0.25) is 0 Å². The Bertz CT molecular complexity index is 130. The number of alkyl halides is 1. The molecule has 0 aromatic heterocycles. The maximum atomic E-state index is 13.3. The maximum Gasteiger partial charge on any atom is 0.127 e. The van der Waals surface area contributed by atoms with Crippen molar-refractivity contribution in [2.75, 3.05) is 13.1 Å². The highest BCUT2D eigenvalue weighted by Gasteiger charge is 2.24. The summed E-state index contributed by atoms with van der Waals surface area (Å²) >= 11 is 0. The van der Waals surface area contributed by atoms with Gasteiger partial charge >= 0.3 is 0 Å². The van der Waals surface area contributed by atoms with E-state index in [1.807, 2.05) is 13.8 Å². The molecule has 0 amide bonds. The number of ether oxygens (including phenoxy) is 1. The van der Waals surface area contributed by atoms with E-state index in [0.29, 0.717) is 6.42 Å². The van der Waals surface area contributed by atoms with Crippen LogP contribution in [0.2, 0.25) is 0 Å². The van der Waals surface area contributed by atoms with E-state index < -0.39 is 6.17 Å². The summed E-state index contributed by atoms with van der Waals surface area (Å²) in [6, 6.07) is 0. The van der Waals surface area contributed by atoms with Crippen LogP contribution < -0.4 is 5.32 Å². The van der Waals surface area contributed by atoms with Crippen molar-refractivity contribution in [3.8, 4) is 0 Å². The first-order chi connectivity index (χ1) is 5.70. The van der Waals surface area contributed by atoms with E-state index in [1.165, 1.54) is 0 Å². The average molecular weight is 175 g/mol. The van der Waals surface area contributed by atoms with E-state index in [2.05, 4.69) is 5.32 Å². The number of hydrogen-bond donors (Lipinski definition) is 1. The molecule has 2 unspecified atom stereocenters. The van der Waals surface area contributed by atoms with Gasteiger partial charge in [0, 0.05) is 0 Å². The number of hydrogen-bond acceptors (Lipinski definition) is 2. The minimum atomic E-state index is -0.789. The topological polar surface area (TPSA) is 21.3 Å². The Kier molecular flexibility index (Phi) is 3.95. The smallest absolute Gasteiger partial charge is 0.127 e. The summed E-state index contributed by atoms with van der Waals surface area (Å²) in [6.45, 7) is 5.55. The van der Waals surface area contributed by atoms with Crippen LogP contribution in [-0.2, 0) is 4.74 Å². The molecule has 2 nitrogen and oxygen atoms in total. The molecule has 3 heteroatoms. The van der Waals surface area contributed by atoms with Gasteiger partial charge in [0.25, 0.3) is 0 Å². The molecule has 0 saturated carbocycles. The summed E-state index contributed by atoms with van der Waals surface area (Å²) in [5.41, 5.74) is 0. The van der Waals surface area contributed by atoms with Gasteiger partial charge in [-0.15, -0.1) is 0 Å². The second kappa shape index (κ2) is 4.77. The van der Waals surface area contributed by atoms with Crippen molar-refractivity contribution < 1.29 is 9.13 Å². The Morgan fingerprint density at radius 1 is 1.33 bits per heavy atom. The van der Waals surface area contributed by atoms with Crippen LogP contribution in [0.5, 0.6) is 0 Å². The summed E-state index contributed by atoms with van der Waals surface area (Å²) in [7, 11) is 0. The predicted octanol–water partition coefficient (Wildman–Crippen LogP) is 1.50. The zero-order valence-electron chi connectivity index (χ0n) is 7.85. The molecule has 12 heavy (non-hydrogen) atoms. The highest BCUT2D eigenvalue weighted by molar-refractivity contribution is 4.76. The monoisotopic (exact) mass is 175 g/mol. The van der Waals surface area contributed by atoms with Crippen LogP contribution in [0.4, 0.5) is 4.39 Å². The van der Waals surface area contributed by atoms with Gasteiger partial charge < -0.3 is 10.1 Å². The second-order valence-corrected chi connectivity index (χ2v) is 3.57. The Morgan fingerprint density at radius 3 is 2.67 bits per heavy atom. The Labute approximate surface area is 73.5 Å². The molecule has 2 atom stereocenters. The summed E-state index contributed by atoms with van der Waals surface area (Å²) in [4.78, 5) is 0. The van der Waals surface area contributed by atoms with Gasteiger partial charge in [-0.3, -0.25) is 0 Å². The first kappa shape index (κ1) is 9.93. The molecule has 1 aliphatic heterocycles. The zero-order chi connectivity index (χ0) is 8.97. The van der Waals surface area contributed by atoms with E-state index in [1.54, 1.807) is 0 Å². The molecule has 0 bridgehead atoms. The Hall–Kier alpha value is -0.150. The molecule has 1 saturated heterocycles. The third kappa shape index (κ3) is 3.07. The van der Waals surface area contributed by atoms with E-state index in [9.17, 15) is 4.39 Å². The van der Waals surface area contributed by atoms with Crippen LogP contribution in [0, 0.1) is 0 Å².